The number of nitriles is 1. The SMILES string of the molecule is N#Cc1ccccc1/C=C/C(=O)N1CCC(C(O)c2ccccc2)CC1. The van der Waals surface area contributed by atoms with Gasteiger partial charge in [0, 0.05) is 19.2 Å². The van der Waals surface area contributed by atoms with E-state index in [1.165, 1.54) is 6.08 Å². The Balaban J connectivity index is 1.57. The number of piperidine rings is 1. The predicted octanol–water partition coefficient (Wildman–Crippen LogP) is 3.54. The van der Waals surface area contributed by atoms with Crippen LogP contribution in [0.25, 0.3) is 6.08 Å². The van der Waals surface area contributed by atoms with E-state index in [2.05, 4.69) is 6.07 Å². The molecule has 2 aromatic rings. The van der Waals surface area contributed by atoms with Gasteiger partial charge in [-0.15, -0.1) is 0 Å². The molecule has 1 N–H and O–H groups in total. The van der Waals surface area contributed by atoms with Crippen molar-refractivity contribution >= 4 is 12.0 Å². The van der Waals surface area contributed by atoms with Gasteiger partial charge in [0.1, 0.15) is 0 Å². The number of nitrogens with zero attached hydrogens (tertiary/aromatic N) is 2. The van der Waals surface area contributed by atoms with E-state index in [-0.39, 0.29) is 11.8 Å². The Kier molecular flexibility index (Phi) is 5.83. The second-order valence-electron chi connectivity index (χ2n) is 6.55. The van der Waals surface area contributed by atoms with E-state index in [9.17, 15) is 9.90 Å². The van der Waals surface area contributed by atoms with Crippen LogP contribution < -0.4 is 0 Å². The van der Waals surface area contributed by atoms with Gasteiger partial charge in [0.05, 0.1) is 17.7 Å². The molecule has 1 saturated heterocycles. The van der Waals surface area contributed by atoms with Gasteiger partial charge in [-0.05, 0) is 42.0 Å². The lowest BCUT2D eigenvalue weighted by molar-refractivity contribution is -0.127. The molecule has 1 amide bonds. The minimum absolute atomic E-state index is 0.0506. The fourth-order valence-corrected chi connectivity index (χ4v) is 3.37. The summed E-state index contributed by atoms with van der Waals surface area (Å²) in [6.07, 6.45) is 4.32. The minimum atomic E-state index is -0.480. The topological polar surface area (TPSA) is 64.3 Å². The monoisotopic (exact) mass is 346 g/mol. The van der Waals surface area contributed by atoms with Crippen molar-refractivity contribution in [2.75, 3.05) is 13.1 Å². The molecule has 1 aliphatic heterocycles. The Morgan fingerprint density at radius 1 is 1.12 bits per heavy atom. The highest BCUT2D eigenvalue weighted by Gasteiger charge is 2.27. The van der Waals surface area contributed by atoms with Gasteiger partial charge >= 0.3 is 0 Å². The van der Waals surface area contributed by atoms with Gasteiger partial charge < -0.3 is 10.0 Å². The van der Waals surface area contributed by atoms with Gasteiger partial charge in [0.25, 0.3) is 0 Å². The highest BCUT2D eigenvalue weighted by molar-refractivity contribution is 5.92. The molecule has 1 heterocycles. The zero-order valence-corrected chi connectivity index (χ0v) is 14.6. The predicted molar refractivity (Wildman–Crippen MR) is 101 cm³/mol. The average molecular weight is 346 g/mol. The van der Waals surface area contributed by atoms with Gasteiger partial charge in [-0.25, -0.2) is 0 Å². The van der Waals surface area contributed by atoms with Crippen molar-refractivity contribution in [2.45, 2.75) is 18.9 Å². The van der Waals surface area contributed by atoms with E-state index >= 15 is 0 Å². The van der Waals surface area contributed by atoms with Crippen LogP contribution in [-0.2, 0) is 4.79 Å². The van der Waals surface area contributed by atoms with E-state index in [0.717, 1.165) is 24.0 Å². The van der Waals surface area contributed by atoms with Crippen LogP contribution >= 0.6 is 0 Å². The fourth-order valence-electron chi connectivity index (χ4n) is 3.37. The van der Waals surface area contributed by atoms with Gasteiger partial charge in [-0.1, -0.05) is 48.5 Å². The van der Waals surface area contributed by atoms with Crippen LogP contribution in [0.3, 0.4) is 0 Å². The molecule has 0 bridgehead atoms. The molecule has 1 atom stereocenters. The highest BCUT2D eigenvalue weighted by atomic mass is 16.3. The molecule has 0 aromatic heterocycles. The maximum absolute atomic E-state index is 12.4. The molecular formula is C22H22N2O2. The molecular weight excluding hydrogens is 324 g/mol. The van der Waals surface area contributed by atoms with Crippen molar-refractivity contribution in [3.63, 3.8) is 0 Å². The number of benzene rings is 2. The highest BCUT2D eigenvalue weighted by Crippen LogP contribution is 2.30. The third-order valence-electron chi connectivity index (χ3n) is 4.93. The molecule has 1 aliphatic rings. The Labute approximate surface area is 154 Å². The van der Waals surface area contributed by atoms with Crippen LogP contribution in [0, 0.1) is 17.2 Å². The minimum Gasteiger partial charge on any atom is -0.388 e. The molecule has 3 rings (SSSR count). The molecule has 2 aromatic carbocycles. The first-order chi connectivity index (χ1) is 12.7. The second kappa shape index (κ2) is 8.46. The van der Waals surface area contributed by atoms with Crippen molar-refractivity contribution in [1.82, 2.24) is 4.90 Å². The number of rotatable bonds is 4. The molecule has 4 heteroatoms. The second-order valence-corrected chi connectivity index (χ2v) is 6.55. The molecule has 132 valence electrons. The molecule has 0 aliphatic carbocycles. The average Bonchev–Trinajstić information content (AvgIpc) is 2.72. The van der Waals surface area contributed by atoms with Gasteiger partial charge in [-0.2, -0.15) is 5.26 Å². The fraction of sp³-hybridized carbons (Fsp3) is 0.273. The van der Waals surface area contributed by atoms with Crippen LogP contribution in [0.4, 0.5) is 0 Å². The zero-order valence-electron chi connectivity index (χ0n) is 14.6. The summed E-state index contributed by atoms with van der Waals surface area (Å²) in [5.41, 5.74) is 2.24. The number of aliphatic hydroxyl groups excluding tert-OH is 1. The largest absolute Gasteiger partial charge is 0.388 e. The number of carbonyl (C=O) groups is 1. The molecule has 1 fully saturated rings. The lowest BCUT2D eigenvalue weighted by Gasteiger charge is -2.34. The standard InChI is InChI=1S/C22H22N2O2/c23-16-20-9-5-4-6-17(20)10-11-21(25)24-14-12-19(13-15-24)22(26)18-7-2-1-3-8-18/h1-11,19,22,26H,12-15H2/b11-10+. The molecule has 4 nitrogen and oxygen atoms in total. The normalized spacial score (nSPS) is 16.4. The Morgan fingerprint density at radius 2 is 1.77 bits per heavy atom. The van der Waals surface area contributed by atoms with Crippen LogP contribution in [-0.4, -0.2) is 29.0 Å². The maximum atomic E-state index is 12.4. The van der Waals surface area contributed by atoms with E-state index in [1.807, 2.05) is 42.5 Å². The van der Waals surface area contributed by atoms with Crippen molar-refractivity contribution < 1.29 is 9.90 Å². The zero-order chi connectivity index (χ0) is 18.4. The summed E-state index contributed by atoms with van der Waals surface area (Å²) in [6, 6.07) is 19.0. The molecule has 0 radical (unpaired) electrons. The van der Waals surface area contributed by atoms with E-state index in [1.54, 1.807) is 23.1 Å². The summed E-state index contributed by atoms with van der Waals surface area (Å²) in [5, 5.41) is 19.6. The first kappa shape index (κ1) is 17.9. The summed E-state index contributed by atoms with van der Waals surface area (Å²) in [5.74, 6) is 0.120. The Morgan fingerprint density at radius 3 is 2.46 bits per heavy atom. The summed E-state index contributed by atoms with van der Waals surface area (Å²) in [4.78, 5) is 14.2. The lowest BCUT2D eigenvalue weighted by atomic mass is 9.87. The molecule has 0 saturated carbocycles. The van der Waals surface area contributed by atoms with Crippen molar-refractivity contribution in [2.24, 2.45) is 5.92 Å². The number of likely N-dealkylation sites (tertiary alicyclic amines) is 1. The number of aliphatic hydroxyl groups is 1. The number of amides is 1. The summed E-state index contributed by atoms with van der Waals surface area (Å²) >= 11 is 0. The van der Waals surface area contributed by atoms with Crippen molar-refractivity contribution in [3.8, 4) is 6.07 Å². The van der Waals surface area contributed by atoms with Gasteiger partial charge in [0.2, 0.25) is 5.91 Å². The molecule has 26 heavy (non-hydrogen) atoms. The quantitative estimate of drug-likeness (QED) is 0.861. The van der Waals surface area contributed by atoms with Crippen LogP contribution in [0.2, 0.25) is 0 Å². The van der Waals surface area contributed by atoms with Crippen molar-refractivity contribution in [1.29, 1.82) is 5.26 Å². The Bertz CT molecular complexity index is 816. The van der Waals surface area contributed by atoms with Gasteiger partial charge in [-0.3, -0.25) is 4.79 Å². The lowest BCUT2D eigenvalue weighted by Crippen LogP contribution is -2.38. The number of hydrogen-bond donors (Lipinski definition) is 1. The Hall–Kier alpha value is -2.90. The van der Waals surface area contributed by atoms with Crippen molar-refractivity contribution in [3.05, 3.63) is 77.4 Å². The van der Waals surface area contributed by atoms with Crippen LogP contribution in [0.15, 0.2) is 60.7 Å². The third-order valence-corrected chi connectivity index (χ3v) is 4.93. The van der Waals surface area contributed by atoms with Gasteiger partial charge in [0.15, 0.2) is 0 Å². The first-order valence-corrected chi connectivity index (χ1v) is 8.88. The summed E-state index contributed by atoms with van der Waals surface area (Å²) < 4.78 is 0. The molecule has 0 spiro atoms. The van der Waals surface area contributed by atoms with E-state index < -0.39 is 6.10 Å². The van der Waals surface area contributed by atoms with Crippen LogP contribution in [0.5, 0.6) is 0 Å². The first-order valence-electron chi connectivity index (χ1n) is 8.88. The third kappa shape index (κ3) is 4.19. The smallest absolute Gasteiger partial charge is 0.246 e. The number of hydrogen-bond acceptors (Lipinski definition) is 3. The van der Waals surface area contributed by atoms with E-state index in [4.69, 9.17) is 5.26 Å². The molecule has 1 unspecified atom stereocenters. The summed E-state index contributed by atoms with van der Waals surface area (Å²) in [7, 11) is 0. The number of carbonyl (C=O) groups excluding carboxylic acids is 1. The summed E-state index contributed by atoms with van der Waals surface area (Å²) in [6.45, 7) is 1.27. The maximum Gasteiger partial charge on any atom is 0.246 e. The van der Waals surface area contributed by atoms with Crippen LogP contribution in [0.1, 0.15) is 35.6 Å². The van der Waals surface area contributed by atoms with E-state index in [0.29, 0.717) is 18.7 Å².